The molecular weight excluding hydrogens is 134 g/mol. The van der Waals surface area contributed by atoms with Crippen LogP contribution in [0.2, 0.25) is 0 Å². The highest BCUT2D eigenvalue weighted by Crippen LogP contribution is 1.71. The average molecular weight is 147 g/mol. The van der Waals surface area contributed by atoms with E-state index in [1.54, 1.807) is 0 Å². The molecule has 5 heteroatoms. The normalized spacial score (nSPS) is 7.10. The van der Waals surface area contributed by atoms with Gasteiger partial charge in [0.1, 0.15) is 6.54 Å². The SMILES string of the molecule is CN.CN(C=N)CC(=O)O. The molecule has 0 aliphatic carbocycles. The Morgan fingerprint density at radius 2 is 2.20 bits per heavy atom. The van der Waals surface area contributed by atoms with Crippen molar-refractivity contribution in [1.29, 1.82) is 5.41 Å². The van der Waals surface area contributed by atoms with Crippen molar-refractivity contribution < 1.29 is 9.90 Å². The number of carboxylic acid groups (broad SMARTS) is 1. The molecule has 0 fully saturated rings. The smallest absolute Gasteiger partial charge is 0.323 e. The van der Waals surface area contributed by atoms with Gasteiger partial charge in [-0.1, -0.05) is 0 Å². The standard InChI is InChI=1S/C4H8N2O2.CH5N/c1-6(3-5)2-4(7)8;1-2/h3,5H,2H2,1H3,(H,7,8);2H2,1H3. The number of nitrogens with one attached hydrogen (secondary N) is 1. The van der Waals surface area contributed by atoms with Gasteiger partial charge >= 0.3 is 5.97 Å². The molecule has 0 amide bonds. The Morgan fingerprint density at radius 3 is 2.30 bits per heavy atom. The van der Waals surface area contributed by atoms with Gasteiger partial charge < -0.3 is 15.7 Å². The second-order valence-electron chi connectivity index (χ2n) is 1.44. The zero-order valence-electron chi connectivity index (χ0n) is 6.16. The van der Waals surface area contributed by atoms with Gasteiger partial charge in [0.05, 0.1) is 6.34 Å². The Morgan fingerprint density at radius 1 is 1.80 bits per heavy atom. The summed E-state index contributed by atoms with van der Waals surface area (Å²) in [6, 6.07) is 0. The van der Waals surface area contributed by atoms with Crippen molar-refractivity contribution in [1.82, 2.24) is 4.90 Å². The number of aliphatic carboxylic acids is 1. The molecule has 0 aliphatic heterocycles. The summed E-state index contributed by atoms with van der Waals surface area (Å²) in [6.07, 6.45) is 0.966. The summed E-state index contributed by atoms with van der Waals surface area (Å²) in [7, 11) is 3.03. The molecule has 0 aromatic rings. The molecule has 0 aliphatic rings. The Balaban J connectivity index is 0. The minimum absolute atomic E-state index is 0.108. The molecule has 0 unspecified atom stereocenters. The fourth-order valence-corrected chi connectivity index (χ4v) is 0.259. The first-order valence-electron chi connectivity index (χ1n) is 2.67. The van der Waals surface area contributed by atoms with Crippen LogP contribution in [-0.4, -0.2) is 43.0 Å². The lowest BCUT2D eigenvalue weighted by molar-refractivity contribution is -0.137. The third kappa shape index (κ3) is 10.0. The van der Waals surface area contributed by atoms with Crippen LogP contribution in [0, 0.1) is 5.41 Å². The molecule has 0 saturated carbocycles. The maximum atomic E-state index is 9.82. The molecule has 0 atom stereocenters. The molecule has 0 radical (unpaired) electrons. The minimum Gasteiger partial charge on any atom is -0.480 e. The highest BCUT2D eigenvalue weighted by atomic mass is 16.4. The molecule has 0 bridgehead atoms. The zero-order chi connectivity index (χ0) is 8.57. The average Bonchev–Trinajstić information content (AvgIpc) is 1.91. The summed E-state index contributed by atoms with van der Waals surface area (Å²) in [6.45, 7) is -0.108. The Labute approximate surface area is 59.9 Å². The van der Waals surface area contributed by atoms with Crippen molar-refractivity contribution in [2.24, 2.45) is 5.73 Å². The van der Waals surface area contributed by atoms with Crippen LogP contribution in [0.25, 0.3) is 0 Å². The quantitative estimate of drug-likeness (QED) is 0.359. The molecular formula is C5H13N3O2. The molecule has 4 N–H and O–H groups in total. The molecule has 0 heterocycles. The first-order valence-corrected chi connectivity index (χ1v) is 2.67. The van der Waals surface area contributed by atoms with E-state index >= 15 is 0 Å². The van der Waals surface area contributed by atoms with Gasteiger partial charge in [-0.05, 0) is 7.05 Å². The zero-order valence-corrected chi connectivity index (χ0v) is 6.16. The summed E-state index contributed by atoms with van der Waals surface area (Å²) in [5.74, 6) is -0.920. The number of hydrogen-bond donors (Lipinski definition) is 3. The van der Waals surface area contributed by atoms with Crippen molar-refractivity contribution in [3.8, 4) is 0 Å². The predicted molar refractivity (Wildman–Crippen MR) is 39.2 cm³/mol. The Kier molecular flexibility index (Phi) is 9.22. The number of carboxylic acids is 1. The summed E-state index contributed by atoms with van der Waals surface area (Å²) >= 11 is 0. The van der Waals surface area contributed by atoms with Crippen LogP contribution in [-0.2, 0) is 4.79 Å². The van der Waals surface area contributed by atoms with E-state index in [9.17, 15) is 4.79 Å². The Bertz CT molecular complexity index is 105. The van der Waals surface area contributed by atoms with Crippen molar-refractivity contribution >= 4 is 12.3 Å². The minimum atomic E-state index is -0.920. The number of hydrogen-bond acceptors (Lipinski definition) is 3. The number of nitrogens with zero attached hydrogens (tertiary/aromatic N) is 1. The third-order valence-electron chi connectivity index (χ3n) is 0.605. The van der Waals surface area contributed by atoms with Gasteiger partial charge in [0.25, 0.3) is 0 Å². The molecule has 5 nitrogen and oxygen atoms in total. The van der Waals surface area contributed by atoms with E-state index in [1.165, 1.54) is 19.0 Å². The van der Waals surface area contributed by atoms with E-state index in [0.717, 1.165) is 6.34 Å². The highest BCUT2D eigenvalue weighted by molar-refractivity contribution is 5.72. The van der Waals surface area contributed by atoms with Gasteiger partial charge in [0, 0.05) is 7.05 Å². The summed E-state index contributed by atoms with van der Waals surface area (Å²) in [5, 5.41) is 14.6. The molecule has 10 heavy (non-hydrogen) atoms. The molecule has 0 rings (SSSR count). The molecule has 0 saturated heterocycles. The summed E-state index contributed by atoms with van der Waals surface area (Å²) in [4.78, 5) is 11.1. The second-order valence-corrected chi connectivity index (χ2v) is 1.44. The van der Waals surface area contributed by atoms with E-state index in [2.05, 4.69) is 5.73 Å². The first-order chi connectivity index (χ1) is 4.66. The number of likely N-dealkylation sites (N-methyl/N-ethyl adjacent to an activating group) is 1. The lowest BCUT2D eigenvalue weighted by Gasteiger charge is -2.05. The molecule has 0 aromatic heterocycles. The van der Waals surface area contributed by atoms with Gasteiger partial charge in [-0.15, -0.1) is 0 Å². The third-order valence-corrected chi connectivity index (χ3v) is 0.605. The highest BCUT2D eigenvalue weighted by Gasteiger charge is 1.96. The second kappa shape index (κ2) is 7.90. The van der Waals surface area contributed by atoms with Crippen LogP contribution in [0.4, 0.5) is 0 Å². The van der Waals surface area contributed by atoms with Crippen molar-refractivity contribution in [3.05, 3.63) is 0 Å². The number of carbonyl (C=O) groups is 1. The van der Waals surface area contributed by atoms with Gasteiger partial charge in [-0.3, -0.25) is 10.2 Å². The first kappa shape index (κ1) is 11.7. The van der Waals surface area contributed by atoms with E-state index in [0.29, 0.717) is 0 Å². The fraction of sp³-hybridized carbons (Fsp3) is 0.600. The maximum absolute atomic E-state index is 9.82. The lowest BCUT2D eigenvalue weighted by atomic mass is 10.6. The van der Waals surface area contributed by atoms with Crippen LogP contribution >= 0.6 is 0 Å². The molecule has 60 valence electrons. The number of rotatable bonds is 3. The monoisotopic (exact) mass is 147 g/mol. The molecule has 0 aromatic carbocycles. The van der Waals surface area contributed by atoms with E-state index in [-0.39, 0.29) is 6.54 Å². The van der Waals surface area contributed by atoms with Crippen LogP contribution in [0.1, 0.15) is 0 Å². The number of nitrogens with two attached hydrogens (primary N) is 1. The van der Waals surface area contributed by atoms with Crippen molar-refractivity contribution in [3.63, 3.8) is 0 Å². The van der Waals surface area contributed by atoms with Gasteiger partial charge in [0.15, 0.2) is 0 Å². The van der Waals surface area contributed by atoms with E-state index < -0.39 is 5.97 Å². The van der Waals surface area contributed by atoms with Crippen LogP contribution in [0.3, 0.4) is 0 Å². The maximum Gasteiger partial charge on any atom is 0.323 e. The predicted octanol–water partition coefficient (Wildman–Crippen LogP) is -0.815. The largest absolute Gasteiger partial charge is 0.480 e. The lowest BCUT2D eigenvalue weighted by Crippen LogP contribution is -2.23. The van der Waals surface area contributed by atoms with Crippen LogP contribution < -0.4 is 5.73 Å². The van der Waals surface area contributed by atoms with Crippen molar-refractivity contribution in [2.45, 2.75) is 0 Å². The van der Waals surface area contributed by atoms with E-state index in [4.69, 9.17) is 10.5 Å². The van der Waals surface area contributed by atoms with Gasteiger partial charge in [0.2, 0.25) is 0 Å². The van der Waals surface area contributed by atoms with Gasteiger partial charge in [-0.2, -0.15) is 0 Å². The summed E-state index contributed by atoms with van der Waals surface area (Å²) in [5.41, 5.74) is 4.50. The fourth-order valence-electron chi connectivity index (χ4n) is 0.259. The van der Waals surface area contributed by atoms with E-state index in [1.807, 2.05) is 0 Å². The topological polar surface area (TPSA) is 90.4 Å². The van der Waals surface area contributed by atoms with Gasteiger partial charge in [-0.25, -0.2) is 0 Å². The molecule has 0 spiro atoms. The van der Waals surface area contributed by atoms with Crippen LogP contribution in [0.15, 0.2) is 0 Å². The summed E-state index contributed by atoms with van der Waals surface area (Å²) < 4.78 is 0. The van der Waals surface area contributed by atoms with Crippen molar-refractivity contribution in [2.75, 3.05) is 20.6 Å². The van der Waals surface area contributed by atoms with Crippen LogP contribution in [0.5, 0.6) is 0 Å². The Hall–Kier alpha value is -1.10.